The number of hydrogen-bond donors (Lipinski definition) is 0. The van der Waals surface area contributed by atoms with E-state index in [0.29, 0.717) is 22.7 Å². The molecule has 1 rings (SSSR count). The minimum Gasteiger partial charge on any atom is -0.361 e. The van der Waals surface area contributed by atoms with Crippen LogP contribution in [0, 0.1) is 0 Å². The topological polar surface area (TPSA) is 33.2 Å². The first kappa shape index (κ1) is 10.3. The van der Waals surface area contributed by atoms with Crippen LogP contribution in [0.25, 0.3) is 0 Å². The fourth-order valence-electron chi connectivity index (χ4n) is 0.868. The Labute approximate surface area is 86.3 Å². The molecule has 13 heavy (non-hydrogen) atoms. The smallest absolute Gasteiger partial charge is 0.153 e. The van der Waals surface area contributed by atoms with Gasteiger partial charge in [0, 0.05) is 14.1 Å². The maximum atomic E-state index is 10.5. The number of nitrogens with zero attached hydrogens (tertiary/aromatic N) is 2. The van der Waals surface area contributed by atoms with Crippen LogP contribution in [0.15, 0.2) is 6.07 Å². The van der Waals surface area contributed by atoms with Crippen molar-refractivity contribution in [3.05, 3.63) is 21.8 Å². The lowest BCUT2D eigenvalue weighted by atomic mass is 10.3. The predicted molar refractivity (Wildman–Crippen MR) is 54.0 cm³/mol. The second-order valence-electron chi connectivity index (χ2n) is 2.69. The van der Waals surface area contributed by atoms with Crippen molar-refractivity contribution >= 4 is 35.3 Å². The summed E-state index contributed by atoms with van der Waals surface area (Å²) in [5.41, 5.74) is 0.303. The minimum absolute atomic E-state index is 0.170. The molecule has 70 valence electrons. The largest absolute Gasteiger partial charge is 0.361 e. The van der Waals surface area contributed by atoms with Gasteiger partial charge in [-0.3, -0.25) is 4.79 Å². The molecule has 0 aliphatic carbocycles. The Kier molecular flexibility index (Phi) is 3.12. The second-order valence-corrected chi connectivity index (χ2v) is 3.45. The van der Waals surface area contributed by atoms with Crippen LogP contribution in [0.5, 0.6) is 0 Å². The van der Waals surface area contributed by atoms with E-state index < -0.39 is 0 Å². The molecule has 0 atom stereocenters. The highest BCUT2D eigenvalue weighted by atomic mass is 35.5. The molecule has 1 aromatic rings. The van der Waals surface area contributed by atoms with Crippen molar-refractivity contribution in [1.82, 2.24) is 4.98 Å². The van der Waals surface area contributed by atoms with Gasteiger partial charge in [0.1, 0.15) is 11.0 Å². The molecule has 0 unspecified atom stereocenters. The van der Waals surface area contributed by atoms with Gasteiger partial charge in [0.05, 0.1) is 10.6 Å². The third kappa shape index (κ3) is 2.11. The van der Waals surface area contributed by atoms with Gasteiger partial charge < -0.3 is 4.90 Å². The normalized spacial score (nSPS) is 9.85. The number of aromatic nitrogens is 1. The van der Waals surface area contributed by atoms with E-state index in [1.165, 1.54) is 6.07 Å². The number of carbonyl (C=O) groups is 1. The van der Waals surface area contributed by atoms with E-state index in [2.05, 4.69) is 4.98 Å². The first-order valence-corrected chi connectivity index (χ1v) is 4.30. The van der Waals surface area contributed by atoms with E-state index >= 15 is 0 Å². The van der Waals surface area contributed by atoms with E-state index in [-0.39, 0.29) is 5.15 Å². The average molecular weight is 219 g/mol. The number of hydrogen-bond acceptors (Lipinski definition) is 3. The highest BCUT2D eigenvalue weighted by molar-refractivity contribution is 6.35. The number of halogens is 2. The van der Waals surface area contributed by atoms with Crippen LogP contribution >= 0.6 is 23.2 Å². The fraction of sp³-hybridized carbons (Fsp3) is 0.250. The number of anilines is 1. The maximum Gasteiger partial charge on any atom is 0.153 e. The zero-order chi connectivity index (χ0) is 10.0. The van der Waals surface area contributed by atoms with Gasteiger partial charge in [-0.15, -0.1) is 0 Å². The van der Waals surface area contributed by atoms with Gasteiger partial charge in [-0.1, -0.05) is 23.2 Å². The molecule has 0 saturated heterocycles. The highest BCUT2D eigenvalue weighted by Gasteiger charge is 2.09. The van der Waals surface area contributed by atoms with Gasteiger partial charge in [0.2, 0.25) is 0 Å². The molecule has 0 saturated carbocycles. The van der Waals surface area contributed by atoms with Crippen molar-refractivity contribution in [3.8, 4) is 0 Å². The summed E-state index contributed by atoms with van der Waals surface area (Å²) in [6.45, 7) is 0. The van der Waals surface area contributed by atoms with Gasteiger partial charge in [-0.25, -0.2) is 4.98 Å². The molecule has 0 aliphatic heterocycles. The van der Waals surface area contributed by atoms with Gasteiger partial charge in [-0.2, -0.15) is 0 Å². The molecule has 0 fully saturated rings. The van der Waals surface area contributed by atoms with Gasteiger partial charge >= 0.3 is 0 Å². The average Bonchev–Trinajstić information content (AvgIpc) is 2.07. The quantitative estimate of drug-likeness (QED) is 0.565. The van der Waals surface area contributed by atoms with Crippen molar-refractivity contribution in [2.75, 3.05) is 19.0 Å². The molecule has 3 nitrogen and oxygen atoms in total. The van der Waals surface area contributed by atoms with Crippen LogP contribution in [0.4, 0.5) is 5.82 Å². The fourth-order valence-corrected chi connectivity index (χ4v) is 1.38. The lowest BCUT2D eigenvalue weighted by molar-refractivity contribution is 0.112. The van der Waals surface area contributed by atoms with Gasteiger partial charge in [0.15, 0.2) is 6.29 Å². The van der Waals surface area contributed by atoms with E-state index in [1.54, 1.807) is 19.0 Å². The van der Waals surface area contributed by atoms with Crippen molar-refractivity contribution in [2.24, 2.45) is 0 Å². The zero-order valence-corrected chi connectivity index (χ0v) is 8.73. The third-order valence-corrected chi connectivity index (χ3v) is 2.07. The molecular formula is C8H8Cl2N2O. The lowest BCUT2D eigenvalue weighted by Crippen LogP contribution is -2.11. The number of pyridine rings is 1. The summed E-state index contributed by atoms with van der Waals surface area (Å²) in [7, 11) is 3.59. The Bertz CT molecular complexity index is 339. The first-order chi connectivity index (χ1) is 6.06. The standard InChI is InChI=1S/C8H8Cl2N2O/c1-12(2)8-6(9)3-5(4-13)7(10)11-8/h3-4H,1-2H3. The Morgan fingerprint density at radius 3 is 2.54 bits per heavy atom. The molecular weight excluding hydrogens is 211 g/mol. The molecule has 1 aromatic heterocycles. The zero-order valence-electron chi connectivity index (χ0n) is 7.21. The van der Waals surface area contributed by atoms with Crippen LogP contribution in [0.2, 0.25) is 10.2 Å². The molecule has 0 amide bonds. The summed E-state index contributed by atoms with van der Waals surface area (Å²) in [5, 5.41) is 0.583. The maximum absolute atomic E-state index is 10.5. The molecule has 5 heteroatoms. The SMILES string of the molecule is CN(C)c1nc(Cl)c(C=O)cc1Cl. The molecule has 0 radical (unpaired) electrons. The lowest BCUT2D eigenvalue weighted by Gasteiger charge is -2.13. The van der Waals surface area contributed by atoms with E-state index in [4.69, 9.17) is 23.2 Å². The van der Waals surface area contributed by atoms with E-state index in [1.807, 2.05) is 0 Å². The summed E-state index contributed by atoms with van der Waals surface area (Å²) in [6, 6.07) is 1.50. The van der Waals surface area contributed by atoms with Crippen LogP contribution in [0.3, 0.4) is 0 Å². The molecule has 0 aliphatic rings. The number of aldehydes is 1. The second kappa shape index (κ2) is 3.94. The van der Waals surface area contributed by atoms with Crippen LogP contribution in [-0.2, 0) is 0 Å². The summed E-state index contributed by atoms with van der Waals surface area (Å²) in [4.78, 5) is 16.2. The molecule has 0 aromatic carbocycles. The summed E-state index contributed by atoms with van der Waals surface area (Å²) in [5.74, 6) is 0.553. The first-order valence-electron chi connectivity index (χ1n) is 3.54. The monoisotopic (exact) mass is 218 g/mol. The summed E-state index contributed by atoms with van der Waals surface area (Å²) in [6.07, 6.45) is 0.626. The Balaban J connectivity index is 3.28. The van der Waals surface area contributed by atoms with Crippen LogP contribution < -0.4 is 4.90 Å². The van der Waals surface area contributed by atoms with Crippen molar-refractivity contribution in [1.29, 1.82) is 0 Å². The van der Waals surface area contributed by atoms with Crippen LogP contribution in [0.1, 0.15) is 10.4 Å². The Morgan fingerprint density at radius 2 is 2.08 bits per heavy atom. The molecule has 0 bridgehead atoms. The van der Waals surface area contributed by atoms with Crippen LogP contribution in [-0.4, -0.2) is 25.4 Å². The minimum atomic E-state index is 0.170. The van der Waals surface area contributed by atoms with Gasteiger partial charge in [-0.05, 0) is 6.07 Å². The number of carbonyl (C=O) groups excluding carboxylic acids is 1. The molecule has 0 spiro atoms. The van der Waals surface area contributed by atoms with Crippen molar-refractivity contribution in [3.63, 3.8) is 0 Å². The number of rotatable bonds is 2. The third-order valence-electron chi connectivity index (χ3n) is 1.49. The molecule has 1 heterocycles. The van der Waals surface area contributed by atoms with Gasteiger partial charge in [0.25, 0.3) is 0 Å². The summed E-state index contributed by atoms with van der Waals surface area (Å²) >= 11 is 11.6. The Morgan fingerprint density at radius 1 is 1.46 bits per heavy atom. The molecule has 0 N–H and O–H groups in total. The van der Waals surface area contributed by atoms with E-state index in [0.717, 1.165) is 0 Å². The Hall–Kier alpha value is -0.800. The predicted octanol–water partition coefficient (Wildman–Crippen LogP) is 2.27. The van der Waals surface area contributed by atoms with E-state index in [9.17, 15) is 4.79 Å². The summed E-state index contributed by atoms with van der Waals surface area (Å²) < 4.78 is 0. The van der Waals surface area contributed by atoms with Crippen molar-refractivity contribution in [2.45, 2.75) is 0 Å². The highest BCUT2D eigenvalue weighted by Crippen LogP contribution is 2.26. The van der Waals surface area contributed by atoms with Crippen molar-refractivity contribution < 1.29 is 4.79 Å².